The molecule has 1 aromatic rings. The van der Waals surface area contributed by atoms with Gasteiger partial charge in [0.25, 0.3) is 0 Å². The lowest BCUT2D eigenvalue weighted by molar-refractivity contribution is -0.129. The van der Waals surface area contributed by atoms with Crippen LogP contribution in [0.4, 0.5) is 8.78 Å². The van der Waals surface area contributed by atoms with Crippen molar-refractivity contribution in [2.75, 3.05) is 20.2 Å². The topological polar surface area (TPSA) is 40.5 Å². The van der Waals surface area contributed by atoms with Crippen LogP contribution in [0.25, 0.3) is 0 Å². The number of carbonyl (C=O) groups excluding carboxylic acids is 1. The molecule has 0 radical (unpaired) electrons. The smallest absolute Gasteiger partial charge is 0.226 e. The Morgan fingerprint density at radius 1 is 1.38 bits per heavy atom. The minimum Gasteiger partial charge on any atom is -0.395 e. The molecular formula is C11H13F2NO2. The Morgan fingerprint density at radius 2 is 2.06 bits per heavy atom. The molecule has 1 aromatic carbocycles. The van der Waals surface area contributed by atoms with Gasteiger partial charge in [0.2, 0.25) is 5.91 Å². The van der Waals surface area contributed by atoms with E-state index in [0.29, 0.717) is 5.56 Å². The van der Waals surface area contributed by atoms with Crippen LogP contribution in [0.15, 0.2) is 18.2 Å². The zero-order valence-corrected chi connectivity index (χ0v) is 8.91. The fourth-order valence-electron chi connectivity index (χ4n) is 1.23. The van der Waals surface area contributed by atoms with E-state index in [2.05, 4.69) is 0 Å². The van der Waals surface area contributed by atoms with E-state index in [4.69, 9.17) is 5.11 Å². The van der Waals surface area contributed by atoms with Gasteiger partial charge in [0, 0.05) is 13.6 Å². The van der Waals surface area contributed by atoms with E-state index in [-0.39, 0.29) is 25.5 Å². The Bertz CT molecular complexity index is 382. The number of hydrogen-bond acceptors (Lipinski definition) is 2. The normalized spacial score (nSPS) is 10.2. The van der Waals surface area contributed by atoms with Crippen molar-refractivity contribution in [3.05, 3.63) is 35.4 Å². The van der Waals surface area contributed by atoms with Crippen LogP contribution >= 0.6 is 0 Å². The molecule has 0 saturated carbocycles. The van der Waals surface area contributed by atoms with Crippen molar-refractivity contribution < 1.29 is 18.7 Å². The van der Waals surface area contributed by atoms with Crippen LogP contribution in [0.2, 0.25) is 0 Å². The molecule has 3 nitrogen and oxygen atoms in total. The summed E-state index contributed by atoms with van der Waals surface area (Å²) in [6.45, 7) is 0.0997. The molecule has 0 aromatic heterocycles. The maximum atomic E-state index is 12.8. The molecule has 1 amide bonds. The molecule has 0 aliphatic heterocycles. The lowest BCUT2D eigenvalue weighted by atomic mass is 10.1. The minimum absolute atomic E-state index is 0.00625. The molecule has 0 aliphatic rings. The van der Waals surface area contributed by atoms with Gasteiger partial charge in [-0.05, 0) is 17.7 Å². The summed E-state index contributed by atoms with van der Waals surface area (Å²) < 4.78 is 25.5. The molecule has 0 spiro atoms. The maximum Gasteiger partial charge on any atom is 0.226 e. The summed E-state index contributed by atoms with van der Waals surface area (Å²) in [5.74, 6) is -2.14. The second-order valence-electron chi connectivity index (χ2n) is 3.46. The first-order valence-corrected chi connectivity index (χ1v) is 4.83. The summed E-state index contributed by atoms with van der Waals surface area (Å²) in [4.78, 5) is 12.8. The van der Waals surface area contributed by atoms with Crippen molar-refractivity contribution in [3.8, 4) is 0 Å². The molecule has 0 fully saturated rings. The lowest BCUT2D eigenvalue weighted by Gasteiger charge is -2.15. The number of nitrogens with zero attached hydrogens (tertiary/aromatic N) is 1. The highest BCUT2D eigenvalue weighted by atomic mass is 19.2. The summed E-state index contributed by atoms with van der Waals surface area (Å²) in [6, 6.07) is 3.35. The Labute approximate surface area is 92.3 Å². The summed E-state index contributed by atoms with van der Waals surface area (Å²) in [5.41, 5.74) is 0.411. The largest absolute Gasteiger partial charge is 0.395 e. The van der Waals surface area contributed by atoms with E-state index >= 15 is 0 Å². The lowest BCUT2D eigenvalue weighted by Crippen LogP contribution is -2.30. The van der Waals surface area contributed by atoms with Gasteiger partial charge in [0.15, 0.2) is 11.6 Å². The summed E-state index contributed by atoms with van der Waals surface area (Å²) in [6.07, 6.45) is -0.00625. The second kappa shape index (κ2) is 5.55. The quantitative estimate of drug-likeness (QED) is 0.835. The van der Waals surface area contributed by atoms with E-state index in [9.17, 15) is 13.6 Å². The molecule has 0 aliphatic carbocycles. The van der Waals surface area contributed by atoms with Crippen LogP contribution in [-0.4, -0.2) is 36.1 Å². The van der Waals surface area contributed by atoms with Gasteiger partial charge in [-0.1, -0.05) is 6.07 Å². The molecule has 88 valence electrons. The number of aliphatic hydroxyl groups is 1. The summed E-state index contributed by atoms with van der Waals surface area (Å²) in [7, 11) is 1.54. The molecule has 1 rings (SSSR count). The average molecular weight is 229 g/mol. The van der Waals surface area contributed by atoms with Crippen LogP contribution in [0, 0.1) is 11.6 Å². The number of likely N-dealkylation sites (N-methyl/N-ethyl adjacent to an activating group) is 1. The predicted octanol–water partition coefficient (Wildman–Crippen LogP) is 0.958. The number of carbonyl (C=O) groups is 1. The third-order valence-electron chi connectivity index (χ3n) is 2.20. The molecule has 0 atom stereocenters. The molecule has 5 heteroatoms. The van der Waals surface area contributed by atoms with E-state index in [0.717, 1.165) is 12.1 Å². The van der Waals surface area contributed by atoms with Gasteiger partial charge >= 0.3 is 0 Å². The van der Waals surface area contributed by atoms with Crippen LogP contribution in [0.1, 0.15) is 5.56 Å². The first-order valence-electron chi connectivity index (χ1n) is 4.83. The van der Waals surface area contributed by atoms with Crippen LogP contribution in [-0.2, 0) is 11.2 Å². The van der Waals surface area contributed by atoms with E-state index in [1.165, 1.54) is 11.0 Å². The highest BCUT2D eigenvalue weighted by molar-refractivity contribution is 5.78. The first kappa shape index (κ1) is 12.6. The average Bonchev–Trinajstić information content (AvgIpc) is 2.24. The summed E-state index contributed by atoms with van der Waals surface area (Å²) >= 11 is 0. The third-order valence-corrected chi connectivity index (χ3v) is 2.20. The Kier molecular flexibility index (Phi) is 4.37. The highest BCUT2D eigenvalue weighted by Gasteiger charge is 2.10. The van der Waals surface area contributed by atoms with Gasteiger partial charge in [0.05, 0.1) is 13.0 Å². The molecular weight excluding hydrogens is 216 g/mol. The van der Waals surface area contributed by atoms with Crippen LogP contribution < -0.4 is 0 Å². The zero-order chi connectivity index (χ0) is 12.1. The number of halogens is 2. The molecule has 0 heterocycles. The molecule has 16 heavy (non-hydrogen) atoms. The number of hydrogen-bond donors (Lipinski definition) is 1. The van der Waals surface area contributed by atoms with Crippen LogP contribution in [0.5, 0.6) is 0 Å². The zero-order valence-electron chi connectivity index (χ0n) is 8.91. The molecule has 0 saturated heterocycles. The number of aliphatic hydroxyl groups excluding tert-OH is 1. The number of amides is 1. The first-order chi connectivity index (χ1) is 7.54. The minimum atomic E-state index is -0.963. The standard InChI is InChI=1S/C11H13F2NO2/c1-14(4-5-15)11(16)7-8-2-3-9(12)10(13)6-8/h2-3,6,15H,4-5,7H2,1H3. The van der Waals surface area contributed by atoms with Crippen molar-refractivity contribution in [2.45, 2.75) is 6.42 Å². The van der Waals surface area contributed by atoms with E-state index < -0.39 is 11.6 Å². The van der Waals surface area contributed by atoms with E-state index in [1.54, 1.807) is 7.05 Å². The molecule has 0 bridgehead atoms. The van der Waals surface area contributed by atoms with Gasteiger partial charge in [-0.2, -0.15) is 0 Å². The van der Waals surface area contributed by atoms with Crippen molar-refractivity contribution >= 4 is 5.91 Å². The second-order valence-corrected chi connectivity index (χ2v) is 3.46. The fourth-order valence-corrected chi connectivity index (χ4v) is 1.23. The van der Waals surface area contributed by atoms with Gasteiger partial charge < -0.3 is 10.0 Å². The Hall–Kier alpha value is -1.49. The van der Waals surface area contributed by atoms with Gasteiger partial charge in [-0.3, -0.25) is 4.79 Å². The summed E-state index contributed by atoms with van der Waals surface area (Å²) in [5, 5.41) is 8.63. The predicted molar refractivity (Wildman–Crippen MR) is 54.8 cm³/mol. The highest BCUT2D eigenvalue weighted by Crippen LogP contribution is 2.09. The van der Waals surface area contributed by atoms with Gasteiger partial charge in [-0.15, -0.1) is 0 Å². The molecule has 0 unspecified atom stereocenters. The maximum absolute atomic E-state index is 12.8. The SMILES string of the molecule is CN(CCO)C(=O)Cc1ccc(F)c(F)c1. The third kappa shape index (κ3) is 3.27. The Morgan fingerprint density at radius 3 is 2.62 bits per heavy atom. The van der Waals surface area contributed by atoms with Crippen molar-refractivity contribution in [1.82, 2.24) is 4.90 Å². The van der Waals surface area contributed by atoms with Crippen LogP contribution in [0.3, 0.4) is 0 Å². The van der Waals surface area contributed by atoms with Crippen molar-refractivity contribution in [3.63, 3.8) is 0 Å². The van der Waals surface area contributed by atoms with Crippen molar-refractivity contribution in [2.24, 2.45) is 0 Å². The molecule has 1 N–H and O–H groups in total. The van der Waals surface area contributed by atoms with Crippen molar-refractivity contribution in [1.29, 1.82) is 0 Å². The van der Waals surface area contributed by atoms with Gasteiger partial charge in [0.1, 0.15) is 0 Å². The van der Waals surface area contributed by atoms with Gasteiger partial charge in [-0.25, -0.2) is 8.78 Å². The van der Waals surface area contributed by atoms with E-state index in [1.807, 2.05) is 0 Å². The number of benzene rings is 1. The Balaban J connectivity index is 2.66. The number of rotatable bonds is 4. The fraction of sp³-hybridized carbons (Fsp3) is 0.364. The monoisotopic (exact) mass is 229 g/mol.